The maximum atomic E-state index is 12.9. The van der Waals surface area contributed by atoms with Crippen molar-refractivity contribution in [2.75, 3.05) is 26.8 Å². The number of benzene rings is 1. The summed E-state index contributed by atoms with van der Waals surface area (Å²) in [6.07, 6.45) is -4.44. The van der Waals surface area contributed by atoms with Crippen LogP contribution in [0.5, 0.6) is 5.75 Å². The van der Waals surface area contributed by atoms with Crippen LogP contribution in [0.25, 0.3) is 0 Å². The third kappa shape index (κ3) is 4.38. The second-order valence-electron chi connectivity index (χ2n) is 6.25. The molecule has 27 heavy (non-hydrogen) atoms. The predicted octanol–water partition coefficient (Wildman–Crippen LogP) is 2.29. The van der Waals surface area contributed by atoms with Gasteiger partial charge in [-0.1, -0.05) is 0 Å². The smallest absolute Gasteiger partial charge is 0.416 e. The highest BCUT2D eigenvalue weighted by atomic mass is 19.4. The van der Waals surface area contributed by atoms with Crippen molar-refractivity contribution in [3.8, 4) is 5.75 Å². The Morgan fingerprint density at radius 3 is 2.85 bits per heavy atom. The van der Waals surface area contributed by atoms with E-state index in [2.05, 4.69) is 10.2 Å². The van der Waals surface area contributed by atoms with E-state index in [1.807, 2.05) is 0 Å². The van der Waals surface area contributed by atoms with E-state index in [4.69, 9.17) is 9.47 Å². The van der Waals surface area contributed by atoms with Crippen LogP contribution in [0, 0.1) is 6.92 Å². The third-order valence-corrected chi connectivity index (χ3v) is 4.13. The number of amides is 1. The first-order valence-corrected chi connectivity index (χ1v) is 8.32. The second kappa shape index (κ2) is 7.55. The number of ether oxygens (including phenoxy) is 2. The first kappa shape index (κ1) is 19.2. The number of carbonyl (C=O) groups is 1. The fraction of sp³-hybridized carbons (Fsp3) is 0.471. The highest BCUT2D eigenvalue weighted by molar-refractivity contribution is 5.90. The lowest BCUT2D eigenvalue weighted by Crippen LogP contribution is -2.34. The SMILES string of the molecule is Cc1cc(OCCN(C)C(=O)c2nnc3n2CCOC3)cc(C(F)(F)F)c1. The first-order chi connectivity index (χ1) is 12.8. The molecule has 0 spiro atoms. The van der Waals surface area contributed by atoms with Gasteiger partial charge in [-0.05, 0) is 30.7 Å². The summed E-state index contributed by atoms with van der Waals surface area (Å²) in [5.74, 6) is 0.582. The summed E-state index contributed by atoms with van der Waals surface area (Å²) >= 11 is 0. The maximum Gasteiger partial charge on any atom is 0.416 e. The molecule has 1 aromatic carbocycles. The van der Waals surface area contributed by atoms with Crippen LogP contribution in [-0.4, -0.2) is 52.4 Å². The highest BCUT2D eigenvalue weighted by Crippen LogP contribution is 2.32. The fourth-order valence-electron chi connectivity index (χ4n) is 2.72. The quantitative estimate of drug-likeness (QED) is 0.791. The Kier molecular flexibility index (Phi) is 5.36. The monoisotopic (exact) mass is 384 g/mol. The molecule has 0 fully saturated rings. The molecule has 146 valence electrons. The molecule has 3 rings (SSSR count). The van der Waals surface area contributed by atoms with Crippen LogP contribution in [0.4, 0.5) is 13.2 Å². The maximum absolute atomic E-state index is 12.9. The van der Waals surface area contributed by atoms with Gasteiger partial charge in [-0.2, -0.15) is 13.2 Å². The summed E-state index contributed by atoms with van der Waals surface area (Å²) < 4.78 is 51.0. The average Bonchev–Trinajstić information content (AvgIpc) is 3.04. The number of halogens is 3. The molecule has 0 bridgehead atoms. The summed E-state index contributed by atoms with van der Waals surface area (Å²) in [6, 6.07) is 3.52. The van der Waals surface area contributed by atoms with Crippen molar-refractivity contribution < 1.29 is 27.4 Å². The Bertz CT molecular complexity index is 835. The van der Waals surface area contributed by atoms with E-state index in [1.54, 1.807) is 18.5 Å². The number of aryl methyl sites for hydroxylation is 1. The lowest BCUT2D eigenvalue weighted by molar-refractivity contribution is -0.137. The van der Waals surface area contributed by atoms with E-state index in [-0.39, 0.29) is 30.6 Å². The van der Waals surface area contributed by atoms with Crippen molar-refractivity contribution in [1.82, 2.24) is 19.7 Å². The number of rotatable bonds is 5. The Morgan fingerprint density at radius 2 is 2.11 bits per heavy atom. The lowest BCUT2D eigenvalue weighted by atomic mass is 10.1. The number of likely N-dealkylation sites (N-methyl/N-ethyl adjacent to an activating group) is 1. The van der Waals surface area contributed by atoms with Crippen LogP contribution in [0.15, 0.2) is 18.2 Å². The molecule has 1 aliphatic heterocycles. The highest BCUT2D eigenvalue weighted by Gasteiger charge is 2.31. The van der Waals surface area contributed by atoms with Crippen molar-refractivity contribution in [2.45, 2.75) is 26.3 Å². The van der Waals surface area contributed by atoms with Crippen LogP contribution in [0.3, 0.4) is 0 Å². The van der Waals surface area contributed by atoms with Gasteiger partial charge in [-0.3, -0.25) is 4.79 Å². The van der Waals surface area contributed by atoms with Crippen molar-refractivity contribution in [3.05, 3.63) is 41.0 Å². The minimum absolute atomic E-state index is 0.0487. The number of hydrogen-bond donors (Lipinski definition) is 0. The number of alkyl halides is 3. The number of carbonyl (C=O) groups excluding carboxylic acids is 1. The Labute approximate surface area is 153 Å². The summed E-state index contributed by atoms with van der Waals surface area (Å²) in [4.78, 5) is 13.9. The van der Waals surface area contributed by atoms with Gasteiger partial charge in [-0.25, -0.2) is 0 Å². The summed E-state index contributed by atoms with van der Waals surface area (Å²) in [6.45, 7) is 3.09. The van der Waals surface area contributed by atoms with E-state index in [0.29, 0.717) is 31.1 Å². The van der Waals surface area contributed by atoms with Crippen LogP contribution < -0.4 is 4.74 Å². The van der Waals surface area contributed by atoms with Crippen molar-refractivity contribution >= 4 is 5.91 Å². The van der Waals surface area contributed by atoms with Gasteiger partial charge in [0.05, 0.1) is 18.7 Å². The van der Waals surface area contributed by atoms with E-state index in [9.17, 15) is 18.0 Å². The molecule has 0 atom stereocenters. The zero-order valence-corrected chi connectivity index (χ0v) is 14.9. The molecule has 0 N–H and O–H groups in total. The Morgan fingerprint density at radius 1 is 1.33 bits per heavy atom. The van der Waals surface area contributed by atoms with E-state index >= 15 is 0 Å². The molecule has 0 saturated carbocycles. The van der Waals surface area contributed by atoms with Crippen LogP contribution >= 0.6 is 0 Å². The molecule has 2 aromatic rings. The van der Waals surface area contributed by atoms with Crippen LogP contribution in [0.2, 0.25) is 0 Å². The molecule has 1 amide bonds. The first-order valence-electron chi connectivity index (χ1n) is 8.32. The van der Waals surface area contributed by atoms with Gasteiger partial charge in [0.2, 0.25) is 5.82 Å². The molecule has 1 aliphatic rings. The molecular formula is C17H19F3N4O3. The molecule has 0 radical (unpaired) electrons. The Balaban J connectivity index is 1.60. The largest absolute Gasteiger partial charge is 0.492 e. The lowest BCUT2D eigenvalue weighted by Gasteiger charge is -2.19. The second-order valence-corrected chi connectivity index (χ2v) is 6.25. The van der Waals surface area contributed by atoms with E-state index in [1.165, 1.54) is 11.0 Å². The van der Waals surface area contributed by atoms with Crippen molar-refractivity contribution in [2.24, 2.45) is 0 Å². The van der Waals surface area contributed by atoms with Gasteiger partial charge in [-0.15, -0.1) is 10.2 Å². The van der Waals surface area contributed by atoms with Gasteiger partial charge >= 0.3 is 6.18 Å². The van der Waals surface area contributed by atoms with Crippen molar-refractivity contribution in [1.29, 1.82) is 0 Å². The van der Waals surface area contributed by atoms with Crippen molar-refractivity contribution in [3.63, 3.8) is 0 Å². The fourth-order valence-corrected chi connectivity index (χ4v) is 2.72. The Hall–Kier alpha value is -2.62. The molecule has 2 heterocycles. The minimum atomic E-state index is -4.44. The topological polar surface area (TPSA) is 69.5 Å². The van der Waals surface area contributed by atoms with Gasteiger partial charge in [0, 0.05) is 13.6 Å². The molecule has 7 nitrogen and oxygen atoms in total. The normalized spacial score (nSPS) is 14.0. The number of fused-ring (bicyclic) bond motifs is 1. The summed E-state index contributed by atoms with van der Waals surface area (Å²) in [7, 11) is 1.57. The summed E-state index contributed by atoms with van der Waals surface area (Å²) in [5.41, 5.74) is -0.319. The standard InChI is InChI=1S/C17H19F3N4O3/c1-11-7-12(17(18,19)20)9-13(8-11)27-6-3-23(2)16(25)15-22-21-14-10-26-5-4-24(14)15/h7-9H,3-6,10H2,1-2H3. The van der Waals surface area contributed by atoms with Crippen LogP contribution in [0.1, 0.15) is 27.6 Å². The minimum Gasteiger partial charge on any atom is -0.492 e. The predicted molar refractivity (Wildman–Crippen MR) is 88.3 cm³/mol. The van der Waals surface area contributed by atoms with Gasteiger partial charge < -0.3 is 18.9 Å². The number of aromatic nitrogens is 3. The van der Waals surface area contributed by atoms with Gasteiger partial charge in [0.15, 0.2) is 5.82 Å². The van der Waals surface area contributed by atoms with Gasteiger partial charge in [0.25, 0.3) is 5.91 Å². The zero-order valence-electron chi connectivity index (χ0n) is 14.9. The number of nitrogens with zero attached hydrogens (tertiary/aromatic N) is 4. The van der Waals surface area contributed by atoms with E-state index < -0.39 is 11.7 Å². The summed E-state index contributed by atoms with van der Waals surface area (Å²) in [5, 5.41) is 7.84. The molecular weight excluding hydrogens is 365 g/mol. The third-order valence-electron chi connectivity index (χ3n) is 4.13. The van der Waals surface area contributed by atoms with E-state index in [0.717, 1.165) is 12.1 Å². The number of hydrogen-bond acceptors (Lipinski definition) is 5. The zero-order chi connectivity index (χ0) is 19.6. The molecule has 0 saturated heterocycles. The molecule has 1 aromatic heterocycles. The molecule has 10 heteroatoms. The van der Waals surface area contributed by atoms with Crippen LogP contribution in [-0.2, 0) is 24.1 Å². The molecule has 0 aliphatic carbocycles. The average molecular weight is 384 g/mol. The van der Waals surface area contributed by atoms with Gasteiger partial charge in [0.1, 0.15) is 19.0 Å². The molecule has 0 unspecified atom stereocenters.